The molecule has 0 saturated heterocycles. The van der Waals surface area contributed by atoms with Crippen molar-refractivity contribution in [1.29, 1.82) is 0 Å². The number of nitrogens with two attached hydrogens (primary N) is 1. The van der Waals surface area contributed by atoms with Crippen LogP contribution in [0.4, 0.5) is 18.9 Å². The van der Waals surface area contributed by atoms with Crippen LogP contribution in [0.25, 0.3) is 0 Å². The molecule has 4 nitrogen and oxygen atoms in total. The van der Waals surface area contributed by atoms with Crippen LogP contribution in [-0.2, 0) is 0 Å². The Balaban J connectivity index is 2.95. The number of aliphatic hydroxyl groups is 1. The summed E-state index contributed by atoms with van der Waals surface area (Å²) in [5, 5.41) is 8.74. The van der Waals surface area contributed by atoms with Crippen molar-refractivity contribution in [2.75, 3.05) is 25.4 Å². The number of hydrogen-bond donors (Lipinski definition) is 2. The predicted molar refractivity (Wildman–Crippen MR) is 67.6 cm³/mol. The highest BCUT2D eigenvalue weighted by molar-refractivity contribution is 9.10. The Labute approximate surface area is 116 Å². The zero-order valence-corrected chi connectivity index (χ0v) is 11.3. The first-order chi connectivity index (χ1) is 8.74. The maximum absolute atomic E-state index is 12.3. The minimum atomic E-state index is -4.52. The molecule has 106 valence electrons. The fourth-order valence-electron chi connectivity index (χ4n) is 1.43. The van der Waals surface area contributed by atoms with Crippen molar-refractivity contribution in [3.8, 4) is 0 Å². The van der Waals surface area contributed by atoms with Crippen molar-refractivity contribution in [2.24, 2.45) is 0 Å². The van der Waals surface area contributed by atoms with Gasteiger partial charge in [0.1, 0.15) is 6.54 Å². The third-order valence-electron chi connectivity index (χ3n) is 2.27. The molecule has 0 saturated carbocycles. The number of alkyl halides is 3. The van der Waals surface area contributed by atoms with E-state index in [0.29, 0.717) is 15.1 Å². The fourth-order valence-corrected chi connectivity index (χ4v) is 1.81. The summed E-state index contributed by atoms with van der Waals surface area (Å²) in [6.45, 7) is -2.34. The normalized spacial score (nSPS) is 11.4. The second kappa shape index (κ2) is 6.25. The Kier molecular flexibility index (Phi) is 5.19. The molecule has 1 amide bonds. The van der Waals surface area contributed by atoms with Crippen LogP contribution in [0.15, 0.2) is 22.7 Å². The van der Waals surface area contributed by atoms with Gasteiger partial charge in [0.25, 0.3) is 5.91 Å². The molecule has 0 radical (unpaired) electrons. The summed E-state index contributed by atoms with van der Waals surface area (Å²) < 4.78 is 37.5. The molecule has 0 fully saturated rings. The van der Waals surface area contributed by atoms with E-state index in [1.807, 2.05) is 0 Å². The quantitative estimate of drug-likeness (QED) is 0.824. The number of nitrogens with zero attached hydrogens (tertiary/aromatic N) is 1. The third kappa shape index (κ3) is 4.71. The average molecular weight is 341 g/mol. The molecule has 0 aliphatic rings. The second-order valence-corrected chi connectivity index (χ2v) is 4.66. The summed E-state index contributed by atoms with van der Waals surface area (Å²) in [7, 11) is 0. The van der Waals surface area contributed by atoms with Gasteiger partial charge < -0.3 is 15.7 Å². The zero-order valence-electron chi connectivity index (χ0n) is 9.75. The molecule has 8 heteroatoms. The Morgan fingerprint density at radius 2 is 2.05 bits per heavy atom. The number of nitrogen functional groups attached to an aromatic ring is 1. The van der Waals surface area contributed by atoms with Gasteiger partial charge in [-0.05, 0) is 34.1 Å². The summed E-state index contributed by atoms with van der Waals surface area (Å²) in [4.78, 5) is 12.5. The molecule has 1 aromatic carbocycles. The third-order valence-corrected chi connectivity index (χ3v) is 2.96. The zero-order chi connectivity index (χ0) is 14.6. The number of benzene rings is 1. The molecule has 0 aromatic heterocycles. The van der Waals surface area contributed by atoms with Crippen molar-refractivity contribution in [3.63, 3.8) is 0 Å². The molecule has 0 spiro atoms. The number of carbonyl (C=O) groups is 1. The van der Waals surface area contributed by atoms with Crippen molar-refractivity contribution >= 4 is 27.5 Å². The van der Waals surface area contributed by atoms with E-state index in [9.17, 15) is 18.0 Å². The minimum Gasteiger partial charge on any atom is -0.398 e. The number of hydrogen-bond acceptors (Lipinski definition) is 3. The van der Waals surface area contributed by atoms with Crippen LogP contribution >= 0.6 is 15.9 Å². The second-order valence-electron chi connectivity index (χ2n) is 3.80. The highest BCUT2D eigenvalue weighted by Gasteiger charge is 2.33. The Hall–Kier alpha value is -1.28. The number of carbonyl (C=O) groups excluding carboxylic acids is 1. The number of halogens is 4. The highest BCUT2D eigenvalue weighted by atomic mass is 79.9. The minimum absolute atomic E-state index is 0.0683. The number of amides is 1. The van der Waals surface area contributed by atoms with Gasteiger partial charge in [0, 0.05) is 22.3 Å². The van der Waals surface area contributed by atoms with Crippen molar-refractivity contribution < 1.29 is 23.1 Å². The smallest absolute Gasteiger partial charge is 0.398 e. The Morgan fingerprint density at radius 3 is 2.53 bits per heavy atom. The number of aliphatic hydroxyl groups excluding tert-OH is 1. The van der Waals surface area contributed by atoms with Crippen molar-refractivity contribution in [2.45, 2.75) is 6.18 Å². The first-order valence-electron chi connectivity index (χ1n) is 5.26. The number of rotatable bonds is 4. The van der Waals surface area contributed by atoms with Crippen LogP contribution in [0.1, 0.15) is 10.4 Å². The Bertz CT molecular complexity index is 466. The maximum atomic E-state index is 12.3. The molecular formula is C11H12BrF3N2O2. The number of anilines is 1. The molecule has 1 rings (SSSR count). The first-order valence-corrected chi connectivity index (χ1v) is 6.06. The highest BCUT2D eigenvalue weighted by Crippen LogP contribution is 2.23. The van der Waals surface area contributed by atoms with Crippen molar-refractivity contribution in [1.82, 2.24) is 4.90 Å². The van der Waals surface area contributed by atoms with Crippen LogP contribution < -0.4 is 5.73 Å². The lowest BCUT2D eigenvalue weighted by molar-refractivity contribution is -0.141. The molecule has 1 aromatic rings. The van der Waals surface area contributed by atoms with Crippen LogP contribution in [0, 0.1) is 0 Å². The largest absolute Gasteiger partial charge is 0.406 e. The lowest BCUT2D eigenvalue weighted by Gasteiger charge is -2.23. The van der Waals surface area contributed by atoms with Crippen LogP contribution in [0.5, 0.6) is 0 Å². The van der Waals surface area contributed by atoms with E-state index in [-0.39, 0.29) is 12.1 Å². The van der Waals surface area contributed by atoms with E-state index in [2.05, 4.69) is 15.9 Å². The summed E-state index contributed by atoms with van der Waals surface area (Å²) in [6, 6.07) is 4.10. The predicted octanol–water partition coefficient (Wildman–Crippen LogP) is 2.03. The van der Waals surface area contributed by atoms with Gasteiger partial charge in [-0.1, -0.05) is 0 Å². The maximum Gasteiger partial charge on any atom is 0.406 e. The van der Waals surface area contributed by atoms with E-state index >= 15 is 0 Å². The van der Waals surface area contributed by atoms with E-state index in [1.165, 1.54) is 18.2 Å². The van der Waals surface area contributed by atoms with E-state index in [1.54, 1.807) is 0 Å². The Morgan fingerprint density at radius 1 is 1.42 bits per heavy atom. The van der Waals surface area contributed by atoms with Gasteiger partial charge in [0.15, 0.2) is 0 Å². The molecule has 0 aliphatic carbocycles. The first kappa shape index (κ1) is 15.8. The summed E-state index contributed by atoms with van der Waals surface area (Å²) in [5.41, 5.74) is 5.98. The fraction of sp³-hybridized carbons (Fsp3) is 0.364. The molecule has 0 atom stereocenters. The summed E-state index contributed by atoms with van der Waals surface area (Å²) in [6.07, 6.45) is -4.52. The van der Waals surface area contributed by atoms with Gasteiger partial charge in [-0.15, -0.1) is 0 Å². The van der Waals surface area contributed by atoms with Gasteiger partial charge in [-0.3, -0.25) is 4.79 Å². The van der Waals surface area contributed by atoms with Gasteiger partial charge >= 0.3 is 6.18 Å². The lowest BCUT2D eigenvalue weighted by Crippen LogP contribution is -2.40. The van der Waals surface area contributed by atoms with Gasteiger partial charge in [0.2, 0.25) is 0 Å². The summed E-state index contributed by atoms with van der Waals surface area (Å²) >= 11 is 3.10. The van der Waals surface area contributed by atoms with Crippen molar-refractivity contribution in [3.05, 3.63) is 28.2 Å². The average Bonchev–Trinajstić information content (AvgIpc) is 2.29. The molecule has 0 bridgehead atoms. The molecule has 0 heterocycles. The van der Waals surface area contributed by atoms with Gasteiger partial charge in [-0.2, -0.15) is 13.2 Å². The van der Waals surface area contributed by atoms with Crippen LogP contribution in [0.2, 0.25) is 0 Å². The molecule has 3 N–H and O–H groups in total. The lowest BCUT2D eigenvalue weighted by atomic mass is 10.2. The monoisotopic (exact) mass is 340 g/mol. The SMILES string of the molecule is Nc1ccc(C(=O)N(CCO)CC(F)(F)F)cc1Br. The van der Waals surface area contributed by atoms with E-state index < -0.39 is 25.2 Å². The standard InChI is InChI=1S/C11H12BrF3N2O2/c12-8-5-7(1-2-9(8)16)10(19)17(3-4-18)6-11(13,14)15/h1-2,5,18H,3-4,6,16H2. The molecule has 0 aliphatic heterocycles. The van der Waals surface area contributed by atoms with E-state index in [0.717, 1.165) is 0 Å². The van der Waals surface area contributed by atoms with Gasteiger partial charge in [0.05, 0.1) is 6.61 Å². The topological polar surface area (TPSA) is 66.6 Å². The molecule has 19 heavy (non-hydrogen) atoms. The molecule has 0 unspecified atom stereocenters. The van der Waals surface area contributed by atoms with Crippen LogP contribution in [-0.4, -0.2) is 41.8 Å². The van der Waals surface area contributed by atoms with Crippen LogP contribution in [0.3, 0.4) is 0 Å². The van der Waals surface area contributed by atoms with E-state index in [4.69, 9.17) is 10.8 Å². The molecular weight excluding hydrogens is 329 g/mol. The summed E-state index contributed by atoms with van der Waals surface area (Å²) in [5.74, 6) is -0.813. The van der Waals surface area contributed by atoms with Gasteiger partial charge in [-0.25, -0.2) is 0 Å².